The maximum absolute atomic E-state index is 12.0. The number of amides is 1. The van der Waals surface area contributed by atoms with E-state index in [1.807, 2.05) is 4.90 Å². The van der Waals surface area contributed by atoms with E-state index in [0.29, 0.717) is 18.5 Å². The fourth-order valence-corrected chi connectivity index (χ4v) is 2.48. The molecule has 0 aromatic heterocycles. The van der Waals surface area contributed by atoms with Crippen LogP contribution in [0.15, 0.2) is 0 Å². The van der Waals surface area contributed by atoms with E-state index in [1.165, 1.54) is 12.8 Å². The van der Waals surface area contributed by atoms with E-state index in [4.69, 9.17) is 0 Å². The first-order valence-corrected chi connectivity index (χ1v) is 6.79. The van der Waals surface area contributed by atoms with Crippen LogP contribution >= 0.6 is 0 Å². The zero-order valence-electron chi connectivity index (χ0n) is 10.9. The largest absolute Gasteiger partial charge is 0.391 e. The third kappa shape index (κ3) is 3.68. The van der Waals surface area contributed by atoms with Gasteiger partial charge in [-0.25, -0.2) is 0 Å². The van der Waals surface area contributed by atoms with E-state index >= 15 is 0 Å². The zero-order chi connectivity index (χ0) is 12.4. The monoisotopic (exact) mass is 240 g/mol. The van der Waals surface area contributed by atoms with Gasteiger partial charge in [0.1, 0.15) is 0 Å². The number of carbonyl (C=O) groups excluding carboxylic acids is 1. The lowest BCUT2D eigenvalue weighted by atomic mass is 10.1. The first-order valence-electron chi connectivity index (χ1n) is 6.79. The van der Waals surface area contributed by atoms with Gasteiger partial charge in [-0.2, -0.15) is 0 Å². The Hall–Kier alpha value is -0.610. The van der Waals surface area contributed by atoms with Crippen LogP contribution in [-0.2, 0) is 4.79 Å². The molecule has 98 valence electrons. The molecule has 0 radical (unpaired) electrons. The van der Waals surface area contributed by atoms with E-state index < -0.39 is 0 Å². The van der Waals surface area contributed by atoms with Gasteiger partial charge < -0.3 is 15.3 Å². The highest BCUT2D eigenvalue weighted by Gasteiger charge is 2.36. The number of aliphatic hydroxyl groups excluding tert-OH is 1. The van der Waals surface area contributed by atoms with Crippen molar-refractivity contribution in [3.8, 4) is 0 Å². The predicted molar refractivity (Wildman–Crippen MR) is 66.6 cm³/mol. The van der Waals surface area contributed by atoms with E-state index in [1.54, 1.807) is 0 Å². The molecule has 1 heterocycles. The second kappa shape index (κ2) is 5.36. The molecular weight excluding hydrogens is 216 g/mol. The van der Waals surface area contributed by atoms with Crippen molar-refractivity contribution < 1.29 is 9.90 Å². The molecular formula is C13H24N2O2. The topological polar surface area (TPSA) is 52.6 Å². The summed E-state index contributed by atoms with van der Waals surface area (Å²) in [7, 11) is 0. The summed E-state index contributed by atoms with van der Waals surface area (Å²) in [6.45, 7) is 5.47. The van der Waals surface area contributed by atoms with Gasteiger partial charge in [0.2, 0.25) is 5.91 Å². The lowest BCUT2D eigenvalue weighted by molar-refractivity contribution is -0.130. The standard InChI is InChI=1S/C13H24N2O2/c1-9(2)7-11(16)8-15-6-5-12(13(15)17)14-10-3-4-10/h9-12,14,16H,3-8H2,1-2H3. The third-order valence-corrected chi connectivity index (χ3v) is 3.49. The minimum Gasteiger partial charge on any atom is -0.391 e. The molecule has 1 saturated carbocycles. The van der Waals surface area contributed by atoms with E-state index in [2.05, 4.69) is 19.2 Å². The predicted octanol–water partition coefficient (Wildman–Crippen LogP) is 0.746. The number of hydrogen-bond donors (Lipinski definition) is 2. The van der Waals surface area contributed by atoms with Crippen LogP contribution in [0, 0.1) is 5.92 Å². The Kier molecular flexibility index (Phi) is 4.05. The maximum atomic E-state index is 12.0. The molecule has 2 atom stereocenters. The smallest absolute Gasteiger partial charge is 0.239 e. The average Bonchev–Trinajstić information content (AvgIpc) is 2.97. The number of hydrogen-bond acceptors (Lipinski definition) is 3. The Labute approximate surface area is 103 Å². The van der Waals surface area contributed by atoms with Crippen LogP contribution in [-0.4, -0.2) is 47.2 Å². The SMILES string of the molecule is CC(C)CC(O)CN1CCC(NC2CC2)C1=O. The molecule has 0 bridgehead atoms. The average molecular weight is 240 g/mol. The molecule has 1 saturated heterocycles. The van der Waals surface area contributed by atoms with Gasteiger partial charge in [-0.15, -0.1) is 0 Å². The molecule has 0 aromatic rings. The van der Waals surface area contributed by atoms with Crippen molar-refractivity contribution in [3.63, 3.8) is 0 Å². The van der Waals surface area contributed by atoms with Crippen LogP contribution in [0.1, 0.15) is 39.5 Å². The van der Waals surface area contributed by atoms with Gasteiger partial charge in [0, 0.05) is 19.1 Å². The highest BCUT2D eigenvalue weighted by molar-refractivity contribution is 5.84. The molecule has 2 aliphatic rings. The van der Waals surface area contributed by atoms with Crippen molar-refractivity contribution in [1.82, 2.24) is 10.2 Å². The Morgan fingerprint density at radius 1 is 1.41 bits per heavy atom. The summed E-state index contributed by atoms with van der Waals surface area (Å²) in [5, 5.41) is 13.2. The van der Waals surface area contributed by atoms with Crippen LogP contribution < -0.4 is 5.32 Å². The number of likely N-dealkylation sites (tertiary alicyclic amines) is 1. The number of carbonyl (C=O) groups is 1. The lowest BCUT2D eigenvalue weighted by Gasteiger charge is -2.21. The molecule has 2 N–H and O–H groups in total. The number of aliphatic hydroxyl groups is 1. The molecule has 1 aliphatic heterocycles. The summed E-state index contributed by atoms with van der Waals surface area (Å²) in [6, 6.07) is 0.582. The van der Waals surface area contributed by atoms with Crippen LogP contribution in [0.4, 0.5) is 0 Å². The van der Waals surface area contributed by atoms with Gasteiger partial charge in [0.05, 0.1) is 12.1 Å². The molecule has 1 amide bonds. The zero-order valence-corrected chi connectivity index (χ0v) is 10.9. The third-order valence-electron chi connectivity index (χ3n) is 3.49. The summed E-state index contributed by atoms with van der Waals surface area (Å²) in [5.41, 5.74) is 0. The van der Waals surface area contributed by atoms with Gasteiger partial charge >= 0.3 is 0 Å². The Morgan fingerprint density at radius 3 is 2.71 bits per heavy atom. The molecule has 0 aromatic carbocycles. The summed E-state index contributed by atoms with van der Waals surface area (Å²) >= 11 is 0. The van der Waals surface area contributed by atoms with Gasteiger partial charge in [-0.3, -0.25) is 4.79 Å². The van der Waals surface area contributed by atoms with Crippen LogP contribution in [0.2, 0.25) is 0 Å². The fraction of sp³-hybridized carbons (Fsp3) is 0.923. The van der Waals surface area contributed by atoms with Crippen molar-refractivity contribution in [1.29, 1.82) is 0 Å². The van der Waals surface area contributed by atoms with Gasteiger partial charge in [0.15, 0.2) is 0 Å². The number of nitrogens with zero attached hydrogens (tertiary/aromatic N) is 1. The number of rotatable bonds is 6. The molecule has 4 heteroatoms. The summed E-state index contributed by atoms with van der Waals surface area (Å²) in [5.74, 6) is 0.655. The lowest BCUT2D eigenvalue weighted by Crippen LogP contribution is -2.41. The summed E-state index contributed by atoms with van der Waals surface area (Å²) in [6.07, 6.45) is 3.70. The van der Waals surface area contributed by atoms with Crippen LogP contribution in [0.3, 0.4) is 0 Å². The molecule has 4 nitrogen and oxygen atoms in total. The van der Waals surface area contributed by atoms with E-state index in [-0.39, 0.29) is 18.1 Å². The van der Waals surface area contributed by atoms with Crippen molar-refractivity contribution in [2.24, 2.45) is 5.92 Å². The second-order valence-electron chi connectivity index (χ2n) is 5.85. The van der Waals surface area contributed by atoms with Crippen molar-refractivity contribution in [2.75, 3.05) is 13.1 Å². The van der Waals surface area contributed by atoms with Crippen molar-refractivity contribution in [3.05, 3.63) is 0 Å². The van der Waals surface area contributed by atoms with E-state index in [9.17, 15) is 9.90 Å². The van der Waals surface area contributed by atoms with Crippen LogP contribution in [0.25, 0.3) is 0 Å². The number of nitrogens with one attached hydrogen (secondary N) is 1. The number of β-amino-alcohol motifs (C(OH)–C–C–N with tert-alkyl or cyclic N) is 1. The first kappa shape index (κ1) is 12.8. The molecule has 17 heavy (non-hydrogen) atoms. The normalized spacial score (nSPS) is 26.9. The first-order chi connectivity index (χ1) is 8.06. The summed E-state index contributed by atoms with van der Waals surface area (Å²) in [4.78, 5) is 13.9. The van der Waals surface area contributed by atoms with Crippen molar-refractivity contribution >= 4 is 5.91 Å². The Balaban J connectivity index is 1.76. The maximum Gasteiger partial charge on any atom is 0.239 e. The molecule has 1 aliphatic carbocycles. The van der Waals surface area contributed by atoms with Gasteiger partial charge in [-0.05, 0) is 31.6 Å². The molecule has 2 unspecified atom stereocenters. The highest BCUT2D eigenvalue weighted by Crippen LogP contribution is 2.22. The molecule has 0 spiro atoms. The minimum absolute atomic E-state index is 0.00810. The van der Waals surface area contributed by atoms with Crippen LogP contribution in [0.5, 0.6) is 0 Å². The Morgan fingerprint density at radius 2 is 2.12 bits per heavy atom. The van der Waals surface area contributed by atoms with Crippen molar-refractivity contribution in [2.45, 2.75) is 57.7 Å². The minimum atomic E-state index is -0.376. The highest BCUT2D eigenvalue weighted by atomic mass is 16.3. The summed E-state index contributed by atoms with van der Waals surface area (Å²) < 4.78 is 0. The fourth-order valence-electron chi connectivity index (χ4n) is 2.48. The Bertz CT molecular complexity index is 277. The second-order valence-corrected chi connectivity index (χ2v) is 5.85. The van der Waals surface area contributed by atoms with Gasteiger partial charge in [0.25, 0.3) is 0 Å². The molecule has 2 fully saturated rings. The van der Waals surface area contributed by atoms with E-state index in [0.717, 1.165) is 19.4 Å². The van der Waals surface area contributed by atoms with Gasteiger partial charge in [-0.1, -0.05) is 13.8 Å². The quantitative estimate of drug-likeness (QED) is 0.720. The molecule has 2 rings (SSSR count).